The van der Waals surface area contributed by atoms with Crippen molar-refractivity contribution in [2.24, 2.45) is 0 Å². The summed E-state index contributed by atoms with van der Waals surface area (Å²) in [5, 5.41) is 3.44. The number of anilines is 2. The quantitative estimate of drug-likeness (QED) is 0.614. The number of benzene rings is 2. The molecule has 1 nitrogen and oxygen atoms in total. The first kappa shape index (κ1) is 12.3. The van der Waals surface area contributed by atoms with Crippen LogP contribution in [0.5, 0.6) is 0 Å². The molecule has 78 valence electrons. The standard InChI is InChI=1S/C12H8BrNS.Mg.2H/c13-8-4-3-7-11-12(8)14-9-5-1-2-6-10(9)15-11;;;/h1-7,14H;;;/q;+2;2*-1. The van der Waals surface area contributed by atoms with Crippen LogP contribution in [-0.2, 0) is 0 Å². The molecule has 0 unspecified atom stereocenters. The van der Waals surface area contributed by atoms with E-state index < -0.39 is 0 Å². The number of rotatable bonds is 0. The van der Waals surface area contributed by atoms with Crippen LogP contribution in [0.1, 0.15) is 2.85 Å². The predicted molar refractivity (Wildman–Crippen MR) is 76.0 cm³/mol. The van der Waals surface area contributed by atoms with Crippen molar-refractivity contribution in [3.8, 4) is 0 Å². The summed E-state index contributed by atoms with van der Waals surface area (Å²) in [6, 6.07) is 14.6. The Balaban J connectivity index is 0.000000963. The largest absolute Gasteiger partial charge is 2.00 e. The van der Waals surface area contributed by atoms with Crippen LogP contribution in [0.3, 0.4) is 0 Å². The summed E-state index contributed by atoms with van der Waals surface area (Å²) in [5.41, 5.74) is 2.35. The van der Waals surface area contributed by atoms with Crippen LogP contribution in [0.4, 0.5) is 11.4 Å². The normalized spacial score (nSPS) is 11.8. The maximum atomic E-state index is 3.56. The summed E-state index contributed by atoms with van der Waals surface area (Å²) < 4.78 is 1.11. The smallest absolute Gasteiger partial charge is 1.00 e. The van der Waals surface area contributed by atoms with Crippen molar-refractivity contribution in [1.82, 2.24) is 0 Å². The minimum absolute atomic E-state index is 0. The van der Waals surface area contributed by atoms with E-state index in [-0.39, 0.29) is 25.9 Å². The van der Waals surface area contributed by atoms with Crippen LogP contribution in [0.2, 0.25) is 0 Å². The molecule has 0 bridgehead atoms. The first-order chi connectivity index (χ1) is 7.34. The van der Waals surface area contributed by atoms with Gasteiger partial charge in [0.1, 0.15) is 0 Å². The zero-order valence-corrected chi connectivity index (χ0v) is 12.4. The SMILES string of the molecule is Brc1cccc2c1Nc1ccccc1S2.[H-].[H-].[Mg+2]. The molecule has 2 aromatic carbocycles. The summed E-state index contributed by atoms with van der Waals surface area (Å²) in [4.78, 5) is 2.55. The van der Waals surface area contributed by atoms with Gasteiger partial charge in [-0.2, -0.15) is 0 Å². The predicted octanol–water partition coefficient (Wildman–Crippen LogP) is 4.50. The third-order valence-corrected chi connectivity index (χ3v) is 4.14. The van der Waals surface area contributed by atoms with Gasteiger partial charge in [0.15, 0.2) is 0 Å². The van der Waals surface area contributed by atoms with Gasteiger partial charge in [-0.25, -0.2) is 0 Å². The van der Waals surface area contributed by atoms with Crippen LogP contribution < -0.4 is 5.32 Å². The zero-order chi connectivity index (χ0) is 10.3. The summed E-state index contributed by atoms with van der Waals surface area (Å²) in [6.45, 7) is 0. The molecular formula is C12H10BrMgNS. The fraction of sp³-hybridized carbons (Fsp3) is 0. The number of nitrogens with one attached hydrogen (secondary N) is 1. The van der Waals surface area contributed by atoms with Gasteiger partial charge in [-0.3, -0.25) is 0 Å². The van der Waals surface area contributed by atoms with Crippen molar-refractivity contribution >= 4 is 62.1 Å². The Morgan fingerprint density at radius 2 is 1.75 bits per heavy atom. The van der Waals surface area contributed by atoms with Crippen LogP contribution in [0, 0.1) is 0 Å². The Morgan fingerprint density at radius 1 is 1.00 bits per heavy atom. The van der Waals surface area contributed by atoms with E-state index in [1.807, 2.05) is 6.07 Å². The molecule has 0 spiro atoms. The summed E-state index contributed by atoms with van der Waals surface area (Å²) in [7, 11) is 0. The average Bonchev–Trinajstić information content (AvgIpc) is 2.27. The van der Waals surface area contributed by atoms with E-state index in [4.69, 9.17) is 0 Å². The van der Waals surface area contributed by atoms with Crippen LogP contribution in [-0.4, -0.2) is 23.1 Å². The van der Waals surface area contributed by atoms with E-state index in [2.05, 4.69) is 57.6 Å². The van der Waals surface area contributed by atoms with Gasteiger partial charge in [-0.1, -0.05) is 30.0 Å². The minimum atomic E-state index is 0. The van der Waals surface area contributed by atoms with Crippen LogP contribution >= 0.6 is 27.7 Å². The summed E-state index contributed by atoms with van der Waals surface area (Å²) >= 11 is 5.36. The van der Waals surface area contributed by atoms with Gasteiger partial charge in [0, 0.05) is 14.3 Å². The molecule has 0 aliphatic carbocycles. The van der Waals surface area contributed by atoms with Gasteiger partial charge in [-0.05, 0) is 40.2 Å². The van der Waals surface area contributed by atoms with Gasteiger partial charge in [0.05, 0.1) is 11.4 Å². The first-order valence-corrected chi connectivity index (χ1v) is 6.28. The third-order valence-electron chi connectivity index (χ3n) is 2.34. The Morgan fingerprint density at radius 3 is 2.62 bits per heavy atom. The molecule has 1 heterocycles. The number of fused-ring (bicyclic) bond motifs is 2. The molecule has 1 aliphatic rings. The summed E-state index contributed by atoms with van der Waals surface area (Å²) in [6.07, 6.45) is 0. The van der Waals surface area contributed by atoms with Gasteiger partial charge >= 0.3 is 23.1 Å². The Labute approximate surface area is 126 Å². The Kier molecular flexibility index (Phi) is 3.84. The van der Waals surface area contributed by atoms with Crippen molar-refractivity contribution in [2.45, 2.75) is 9.79 Å². The number of hydrogen-bond acceptors (Lipinski definition) is 2. The zero-order valence-electron chi connectivity index (χ0n) is 10.5. The fourth-order valence-electron chi connectivity index (χ4n) is 1.62. The van der Waals surface area contributed by atoms with E-state index >= 15 is 0 Å². The fourth-order valence-corrected chi connectivity index (χ4v) is 3.24. The molecule has 4 heteroatoms. The van der Waals surface area contributed by atoms with Gasteiger partial charge in [-0.15, -0.1) is 0 Å². The van der Waals surface area contributed by atoms with Crippen molar-refractivity contribution in [3.05, 3.63) is 46.9 Å². The Hall–Kier alpha value is -0.164. The molecule has 1 N–H and O–H groups in total. The van der Waals surface area contributed by atoms with Crippen molar-refractivity contribution < 1.29 is 2.85 Å². The number of hydrogen-bond donors (Lipinski definition) is 1. The monoisotopic (exact) mass is 303 g/mol. The van der Waals surface area contributed by atoms with Gasteiger partial charge < -0.3 is 8.17 Å². The van der Waals surface area contributed by atoms with Crippen molar-refractivity contribution in [1.29, 1.82) is 0 Å². The molecule has 0 saturated heterocycles. The van der Waals surface area contributed by atoms with Crippen LogP contribution in [0.25, 0.3) is 0 Å². The molecule has 0 aromatic heterocycles. The molecule has 16 heavy (non-hydrogen) atoms. The van der Waals surface area contributed by atoms with Crippen molar-refractivity contribution in [2.75, 3.05) is 5.32 Å². The second-order valence-corrected chi connectivity index (χ2v) is 5.27. The molecule has 0 amide bonds. The van der Waals surface area contributed by atoms with Crippen LogP contribution in [0.15, 0.2) is 56.7 Å². The molecule has 0 fully saturated rings. The maximum absolute atomic E-state index is 3.56. The van der Waals surface area contributed by atoms with E-state index in [0.717, 1.165) is 4.47 Å². The summed E-state index contributed by atoms with van der Waals surface area (Å²) in [5.74, 6) is 0. The van der Waals surface area contributed by atoms with Crippen molar-refractivity contribution in [3.63, 3.8) is 0 Å². The molecule has 2 aromatic rings. The molecular weight excluding hydrogens is 294 g/mol. The molecule has 0 saturated carbocycles. The second kappa shape index (κ2) is 5.00. The third kappa shape index (κ3) is 2.11. The molecule has 1 aliphatic heterocycles. The first-order valence-electron chi connectivity index (χ1n) is 4.67. The molecule has 0 radical (unpaired) electrons. The Bertz CT molecular complexity index is 539. The molecule has 0 atom stereocenters. The maximum Gasteiger partial charge on any atom is 2.00 e. The topological polar surface area (TPSA) is 12.0 Å². The average molecular weight is 304 g/mol. The van der Waals surface area contributed by atoms with E-state index in [1.165, 1.54) is 21.2 Å². The van der Waals surface area contributed by atoms with E-state index in [1.54, 1.807) is 11.8 Å². The van der Waals surface area contributed by atoms with E-state index in [9.17, 15) is 0 Å². The van der Waals surface area contributed by atoms with Gasteiger partial charge in [0.2, 0.25) is 0 Å². The second-order valence-electron chi connectivity index (χ2n) is 3.34. The number of para-hydroxylation sites is 2. The van der Waals surface area contributed by atoms with Gasteiger partial charge in [0.25, 0.3) is 0 Å². The number of halogens is 1. The minimum Gasteiger partial charge on any atom is -1.00 e. The molecule has 3 rings (SSSR count). The van der Waals surface area contributed by atoms with E-state index in [0.29, 0.717) is 0 Å².